The summed E-state index contributed by atoms with van der Waals surface area (Å²) in [4.78, 5) is 26.6. The van der Waals surface area contributed by atoms with Gasteiger partial charge in [-0.15, -0.1) is 0 Å². The highest BCUT2D eigenvalue weighted by molar-refractivity contribution is 7.08. The predicted molar refractivity (Wildman–Crippen MR) is 95.3 cm³/mol. The maximum atomic E-state index is 12.5. The Morgan fingerprint density at radius 1 is 1.44 bits per heavy atom. The van der Waals surface area contributed by atoms with E-state index in [-0.39, 0.29) is 23.3 Å². The molecule has 0 bridgehead atoms. The third-order valence-electron chi connectivity index (χ3n) is 5.52. The minimum absolute atomic E-state index is 0.104. The van der Waals surface area contributed by atoms with Crippen LogP contribution in [0.2, 0.25) is 0 Å². The van der Waals surface area contributed by atoms with Crippen molar-refractivity contribution in [1.29, 1.82) is 0 Å². The van der Waals surface area contributed by atoms with Gasteiger partial charge in [0.05, 0.1) is 18.2 Å². The molecule has 25 heavy (non-hydrogen) atoms. The molecule has 0 aromatic carbocycles. The van der Waals surface area contributed by atoms with Crippen molar-refractivity contribution in [1.82, 2.24) is 20.0 Å². The van der Waals surface area contributed by atoms with Crippen molar-refractivity contribution >= 4 is 23.2 Å². The van der Waals surface area contributed by atoms with Crippen LogP contribution in [0, 0.1) is 0 Å². The lowest BCUT2D eigenvalue weighted by Gasteiger charge is -2.42. The van der Waals surface area contributed by atoms with Gasteiger partial charge in [-0.1, -0.05) is 0 Å². The Morgan fingerprint density at radius 3 is 2.88 bits per heavy atom. The van der Waals surface area contributed by atoms with Crippen LogP contribution in [0.15, 0.2) is 29.2 Å². The van der Waals surface area contributed by atoms with Crippen LogP contribution in [0.1, 0.15) is 36.3 Å². The minimum Gasteiger partial charge on any atom is -0.350 e. The fraction of sp³-hybridized carbons (Fsp3) is 0.500. The summed E-state index contributed by atoms with van der Waals surface area (Å²) < 4.78 is 1.78. The van der Waals surface area contributed by atoms with Crippen LogP contribution in [0.25, 0.3) is 0 Å². The van der Waals surface area contributed by atoms with Crippen molar-refractivity contribution in [3.63, 3.8) is 0 Å². The number of piperidine rings is 1. The normalized spacial score (nSPS) is 22.4. The van der Waals surface area contributed by atoms with Crippen LogP contribution in [0.5, 0.6) is 0 Å². The lowest BCUT2D eigenvalue weighted by Crippen LogP contribution is -2.54. The highest BCUT2D eigenvalue weighted by Crippen LogP contribution is 2.43. The van der Waals surface area contributed by atoms with E-state index in [4.69, 9.17) is 0 Å². The van der Waals surface area contributed by atoms with E-state index in [2.05, 4.69) is 10.4 Å². The van der Waals surface area contributed by atoms with Gasteiger partial charge >= 0.3 is 0 Å². The first kappa shape index (κ1) is 16.3. The van der Waals surface area contributed by atoms with Crippen molar-refractivity contribution in [2.45, 2.75) is 37.1 Å². The molecule has 6 nitrogen and oxygen atoms in total. The van der Waals surface area contributed by atoms with E-state index in [1.165, 1.54) is 0 Å². The lowest BCUT2D eigenvalue weighted by atomic mass is 9.75. The zero-order chi connectivity index (χ0) is 17.4. The number of hydrogen-bond acceptors (Lipinski definition) is 4. The Kier molecular flexibility index (Phi) is 4.11. The number of aromatic nitrogens is 2. The molecule has 1 N–H and O–H groups in total. The molecule has 2 amide bonds. The van der Waals surface area contributed by atoms with E-state index in [0.29, 0.717) is 25.9 Å². The number of nitrogens with zero attached hydrogens (tertiary/aromatic N) is 3. The van der Waals surface area contributed by atoms with E-state index in [1.807, 2.05) is 41.2 Å². The second kappa shape index (κ2) is 6.29. The number of likely N-dealkylation sites (tertiary alicyclic amines) is 1. The summed E-state index contributed by atoms with van der Waals surface area (Å²) in [7, 11) is 1.89. The number of carbonyl (C=O) groups excluding carboxylic acids is 2. The average Bonchev–Trinajstić information content (AvgIpc) is 3.30. The smallest absolute Gasteiger partial charge is 0.227 e. The Labute approximate surface area is 150 Å². The average molecular weight is 358 g/mol. The first-order valence-corrected chi connectivity index (χ1v) is 9.58. The Balaban J connectivity index is 1.45. The second-order valence-corrected chi connectivity index (χ2v) is 7.88. The third-order valence-corrected chi connectivity index (χ3v) is 6.25. The highest BCUT2D eigenvalue weighted by Gasteiger charge is 2.49. The first-order valence-electron chi connectivity index (χ1n) is 8.64. The third kappa shape index (κ3) is 3.08. The molecular weight excluding hydrogens is 336 g/mol. The number of amides is 2. The van der Waals surface area contributed by atoms with Crippen LogP contribution >= 0.6 is 11.3 Å². The summed E-state index contributed by atoms with van der Waals surface area (Å²) in [6, 6.07) is 2.00. The van der Waals surface area contributed by atoms with Gasteiger partial charge in [0.25, 0.3) is 0 Å². The first-order chi connectivity index (χ1) is 12.1. The van der Waals surface area contributed by atoms with Crippen LogP contribution in [0.3, 0.4) is 0 Å². The number of carbonyl (C=O) groups is 2. The zero-order valence-electron chi connectivity index (χ0n) is 14.3. The second-order valence-electron chi connectivity index (χ2n) is 7.10. The number of aryl methyl sites for hydroxylation is 1. The number of nitrogens with one attached hydrogen (secondary N) is 1. The highest BCUT2D eigenvalue weighted by atomic mass is 32.1. The Morgan fingerprint density at radius 2 is 2.24 bits per heavy atom. The number of thiophene rings is 1. The summed E-state index contributed by atoms with van der Waals surface area (Å²) in [6.45, 7) is 1.39. The molecule has 2 saturated heterocycles. The number of hydrogen-bond donors (Lipinski definition) is 1. The van der Waals surface area contributed by atoms with E-state index in [9.17, 15) is 9.59 Å². The molecule has 0 aliphatic carbocycles. The fourth-order valence-electron chi connectivity index (χ4n) is 4.16. The fourth-order valence-corrected chi connectivity index (χ4v) is 4.83. The molecule has 132 valence electrons. The predicted octanol–water partition coefficient (Wildman–Crippen LogP) is 1.69. The van der Waals surface area contributed by atoms with Crippen molar-refractivity contribution in [3.8, 4) is 0 Å². The van der Waals surface area contributed by atoms with Crippen LogP contribution in [-0.4, -0.2) is 45.1 Å². The molecule has 0 saturated carbocycles. The molecule has 2 aliphatic heterocycles. The van der Waals surface area contributed by atoms with Crippen LogP contribution in [-0.2, 0) is 23.1 Å². The summed E-state index contributed by atoms with van der Waals surface area (Å²) in [5.74, 6) is 0.422. The number of rotatable bonds is 3. The zero-order valence-corrected chi connectivity index (χ0v) is 15.1. The van der Waals surface area contributed by atoms with Crippen molar-refractivity contribution in [2.75, 3.05) is 13.1 Å². The van der Waals surface area contributed by atoms with Gasteiger partial charge in [0.15, 0.2) is 0 Å². The summed E-state index contributed by atoms with van der Waals surface area (Å²) in [5.41, 5.74) is 1.95. The quantitative estimate of drug-likeness (QED) is 0.908. The standard InChI is InChI=1S/C18H22N4O2S/c1-21-11-14(10-19-21)15-9-16(23)20-18(15)3-5-22(6-4-18)17(24)8-13-2-7-25-12-13/h2,7,10-12,15H,3-6,8-9H2,1H3,(H,20,23). The SMILES string of the molecule is Cn1cc(C2CC(=O)NC23CCN(C(=O)Cc2ccsc2)CC3)cn1. The van der Waals surface area contributed by atoms with Crippen LogP contribution < -0.4 is 5.32 Å². The molecule has 1 unspecified atom stereocenters. The molecule has 0 radical (unpaired) electrons. The van der Waals surface area contributed by atoms with Gasteiger partial charge in [0.1, 0.15) is 0 Å². The van der Waals surface area contributed by atoms with Gasteiger partial charge in [-0.25, -0.2) is 0 Å². The molecule has 4 heterocycles. The molecule has 1 spiro atoms. The van der Waals surface area contributed by atoms with Crippen molar-refractivity contribution < 1.29 is 9.59 Å². The topological polar surface area (TPSA) is 67.2 Å². The van der Waals surface area contributed by atoms with Gasteiger partial charge in [-0.05, 0) is 40.8 Å². The minimum atomic E-state index is -0.237. The van der Waals surface area contributed by atoms with E-state index in [1.54, 1.807) is 16.0 Å². The van der Waals surface area contributed by atoms with Gasteiger partial charge in [-0.2, -0.15) is 16.4 Å². The molecule has 2 fully saturated rings. The van der Waals surface area contributed by atoms with Crippen molar-refractivity contribution in [2.24, 2.45) is 7.05 Å². The van der Waals surface area contributed by atoms with Crippen molar-refractivity contribution in [3.05, 3.63) is 40.3 Å². The molecule has 2 aliphatic rings. The van der Waals surface area contributed by atoms with Gasteiger partial charge in [0, 0.05) is 38.7 Å². The van der Waals surface area contributed by atoms with Gasteiger partial charge in [0.2, 0.25) is 11.8 Å². The molecule has 2 aromatic rings. The van der Waals surface area contributed by atoms with E-state index < -0.39 is 0 Å². The Bertz CT molecular complexity index is 775. The maximum Gasteiger partial charge on any atom is 0.227 e. The van der Waals surface area contributed by atoms with Gasteiger partial charge in [-0.3, -0.25) is 14.3 Å². The molecule has 7 heteroatoms. The maximum absolute atomic E-state index is 12.5. The molecule has 4 rings (SSSR count). The summed E-state index contributed by atoms with van der Waals surface area (Å²) in [5, 5.41) is 11.5. The summed E-state index contributed by atoms with van der Waals surface area (Å²) in [6.07, 6.45) is 6.44. The largest absolute Gasteiger partial charge is 0.350 e. The molecule has 1 atom stereocenters. The van der Waals surface area contributed by atoms with Gasteiger partial charge < -0.3 is 10.2 Å². The Hall–Kier alpha value is -2.15. The monoisotopic (exact) mass is 358 g/mol. The summed E-state index contributed by atoms with van der Waals surface area (Å²) >= 11 is 1.62. The molecule has 2 aromatic heterocycles. The van der Waals surface area contributed by atoms with E-state index in [0.717, 1.165) is 24.0 Å². The van der Waals surface area contributed by atoms with E-state index >= 15 is 0 Å². The molecular formula is C18H22N4O2S. The lowest BCUT2D eigenvalue weighted by molar-refractivity contribution is -0.132. The van der Waals surface area contributed by atoms with Crippen LogP contribution in [0.4, 0.5) is 0 Å².